The maximum atomic E-state index is 9.02. The van der Waals surface area contributed by atoms with Crippen LogP contribution in [0, 0.1) is 24.2 Å². The van der Waals surface area contributed by atoms with E-state index in [1.165, 1.54) is 11.1 Å². The van der Waals surface area contributed by atoms with Crippen molar-refractivity contribution < 1.29 is 0 Å². The van der Waals surface area contributed by atoms with Crippen molar-refractivity contribution in [1.82, 2.24) is 14.9 Å². The van der Waals surface area contributed by atoms with Crippen molar-refractivity contribution in [2.45, 2.75) is 27.3 Å². The van der Waals surface area contributed by atoms with Crippen molar-refractivity contribution >= 4 is 0 Å². The molecule has 2 aromatic rings. The van der Waals surface area contributed by atoms with E-state index in [-0.39, 0.29) is 0 Å². The van der Waals surface area contributed by atoms with Crippen molar-refractivity contribution in [2.24, 2.45) is 5.92 Å². The first-order valence-corrected chi connectivity index (χ1v) is 6.86. The summed E-state index contributed by atoms with van der Waals surface area (Å²) < 4.78 is 1.80. The van der Waals surface area contributed by atoms with Crippen LogP contribution in [0.5, 0.6) is 0 Å². The van der Waals surface area contributed by atoms with E-state index < -0.39 is 0 Å². The third-order valence-electron chi connectivity index (χ3n) is 3.21. The minimum Gasteiger partial charge on any atom is -0.312 e. The summed E-state index contributed by atoms with van der Waals surface area (Å²) in [5.74, 6) is 1.06. The zero-order valence-electron chi connectivity index (χ0n) is 12.2. The number of nitrogens with zero attached hydrogens (tertiary/aromatic N) is 3. The molecule has 0 unspecified atom stereocenters. The largest absolute Gasteiger partial charge is 0.312 e. The molecule has 4 heteroatoms. The van der Waals surface area contributed by atoms with Crippen LogP contribution in [-0.2, 0) is 6.54 Å². The summed E-state index contributed by atoms with van der Waals surface area (Å²) in [6.07, 6.45) is 3.45. The van der Waals surface area contributed by atoms with Crippen LogP contribution in [0.25, 0.3) is 5.69 Å². The standard InChI is InChI=1S/C16H20N4/c1-12(2)10-18-11-14-4-5-15(8-13(14)3)20-7-6-19-16(20)9-17/h4-8,12,18H,10-11H2,1-3H3. The van der Waals surface area contributed by atoms with Crippen LogP contribution >= 0.6 is 0 Å². The molecule has 0 aliphatic carbocycles. The molecule has 0 radical (unpaired) electrons. The van der Waals surface area contributed by atoms with Gasteiger partial charge in [-0.25, -0.2) is 4.98 Å². The Labute approximate surface area is 120 Å². The third-order valence-corrected chi connectivity index (χ3v) is 3.21. The van der Waals surface area contributed by atoms with E-state index in [1.807, 2.05) is 12.3 Å². The van der Waals surface area contributed by atoms with Gasteiger partial charge in [0.25, 0.3) is 0 Å². The van der Waals surface area contributed by atoms with Gasteiger partial charge in [0.2, 0.25) is 5.82 Å². The Morgan fingerprint density at radius 2 is 2.20 bits per heavy atom. The van der Waals surface area contributed by atoms with E-state index >= 15 is 0 Å². The maximum absolute atomic E-state index is 9.02. The van der Waals surface area contributed by atoms with Crippen LogP contribution in [0.2, 0.25) is 0 Å². The van der Waals surface area contributed by atoms with Crippen LogP contribution in [0.15, 0.2) is 30.6 Å². The molecule has 4 nitrogen and oxygen atoms in total. The molecular formula is C16H20N4. The molecule has 2 rings (SSSR count). The Bertz CT molecular complexity index is 620. The molecule has 1 heterocycles. The lowest BCUT2D eigenvalue weighted by molar-refractivity contribution is 0.551. The number of rotatable bonds is 5. The van der Waals surface area contributed by atoms with Crippen molar-refractivity contribution in [3.63, 3.8) is 0 Å². The summed E-state index contributed by atoms with van der Waals surface area (Å²) in [5.41, 5.74) is 3.48. The van der Waals surface area contributed by atoms with Gasteiger partial charge in [0, 0.05) is 24.6 Å². The van der Waals surface area contributed by atoms with E-state index in [4.69, 9.17) is 5.26 Å². The molecule has 0 saturated heterocycles. The second-order valence-corrected chi connectivity index (χ2v) is 5.37. The van der Waals surface area contributed by atoms with Crippen LogP contribution < -0.4 is 5.32 Å². The quantitative estimate of drug-likeness (QED) is 0.907. The van der Waals surface area contributed by atoms with Crippen LogP contribution in [0.1, 0.15) is 30.8 Å². The fourth-order valence-corrected chi connectivity index (χ4v) is 2.12. The van der Waals surface area contributed by atoms with Crippen LogP contribution in [-0.4, -0.2) is 16.1 Å². The number of imidazole rings is 1. The number of nitriles is 1. The highest BCUT2D eigenvalue weighted by Crippen LogP contribution is 2.16. The Hall–Kier alpha value is -2.12. The van der Waals surface area contributed by atoms with Gasteiger partial charge in [0.05, 0.1) is 0 Å². The highest BCUT2D eigenvalue weighted by molar-refractivity contribution is 5.42. The first kappa shape index (κ1) is 14.3. The average molecular weight is 268 g/mol. The molecule has 0 spiro atoms. The topological polar surface area (TPSA) is 53.6 Å². The Morgan fingerprint density at radius 3 is 2.85 bits per heavy atom. The second kappa shape index (κ2) is 6.36. The summed E-state index contributed by atoms with van der Waals surface area (Å²) in [4.78, 5) is 4.02. The molecule has 0 saturated carbocycles. The Kier molecular flexibility index (Phi) is 4.54. The number of hydrogen-bond acceptors (Lipinski definition) is 3. The highest BCUT2D eigenvalue weighted by Gasteiger charge is 2.06. The monoisotopic (exact) mass is 268 g/mol. The molecule has 1 N–H and O–H groups in total. The number of aromatic nitrogens is 2. The average Bonchev–Trinajstić information content (AvgIpc) is 2.88. The number of benzene rings is 1. The fraction of sp³-hybridized carbons (Fsp3) is 0.375. The Morgan fingerprint density at radius 1 is 1.40 bits per heavy atom. The van der Waals surface area contributed by atoms with E-state index in [1.54, 1.807) is 10.8 Å². The maximum Gasteiger partial charge on any atom is 0.217 e. The zero-order valence-corrected chi connectivity index (χ0v) is 12.2. The molecule has 1 aromatic carbocycles. The molecule has 0 aliphatic rings. The molecule has 20 heavy (non-hydrogen) atoms. The summed E-state index contributed by atoms with van der Waals surface area (Å²) in [6, 6.07) is 8.33. The van der Waals surface area contributed by atoms with E-state index in [2.05, 4.69) is 49.3 Å². The van der Waals surface area contributed by atoms with E-state index in [9.17, 15) is 0 Å². The predicted molar refractivity (Wildman–Crippen MR) is 79.6 cm³/mol. The SMILES string of the molecule is Cc1cc(-n2ccnc2C#N)ccc1CNCC(C)C. The van der Waals surface area contributed by atoms with Gasteiger partial charge >= 0.3 is 0 Å². The van der Waals surface area contributed by atoms with Crippen LogP contribution in [0.4, 0.5) is 0 Å². The van der Waals surface area contributed by atoms with Gasteiger partial charge in [-0.1, -0.05) is 19.9 Å². The van der Waals surface area contributed by atoms with Gasteiger partial charge in [-0.3, -0.25) is 4.57 Å². The summed E-state index contributed by atoms with van der Waals surface area (Å²) in [7, 11) is 0. The highest BCUT2D eigenvalue weighted by atomic mass is 15.1. The molecule has 0 fully saturated rings. The summed E-state index contributed by atoms with van der Waals surface area (Å²) >= 11 is 0. The third kappa shape index (κ3) is 3.25. The summed E-state index contributed by atoms with van der Waals surface area (Å²) in [5, 5.41) is 12.5. The lowest BCUT2D eigenvalue weighted by atomic mass is 10.1. The lowest BCUT2D eigenvalue weighted by Gasteiger charge is -2.12. The van der Waals surface area contributed by atoms with Gasteiger partial charge < -0.3 is 5.32 Å². The minimum absolute atomic E-state index is 0.412. The van der Waals surface area contributed by atoms with E-state index in [0.29, 0.717) is 11.7 Å². The van der Waals surface area contributed by atoms with Crippen molar-refractivity contribution in [1.29, 1.82) is 5.26 Å². The molecule has 1 aromatic heterocycles. The normalized spacial score (nSPS) is 10.8. The Balaban J connectivity index is 2.16. The molecule has 0 bridgehead atoms. The smallest absolute Gasteiger partial charge is 0.217 e. The first-order valence-electron chi connectivity index (χ1n) is 6.86. The molecule has 0 amide bonds. The van der Waals surface area contributed by atoms with Gasteiger partial charge in [-0.2, -0.15) is 5.26 Å². The van der Waals surface area contributed by atoms with Gasteiger partial charge in [-0.05, 0) is 42.6 Å². The minimum atomic E-state index is 0.412. The number of aryl methyl sites for hydroxylation is 1. The second-order valence-electron chi connectivity index (χ2n) is 5.37. The number of nitrogens with one attached hydrogen (secondary N) is 1. The number of hydrogen-bond donors (Lipinski definition) is 1. The molecular weight excluding hydrogens is 248 g/mol. The van der Waals surface area contributed by atoms with E-state index in [0.717, 1.165) is 18.8 Å². The van der Waals surface area contributed by atoms with Crippen molar-refractivity contribution in [2.75, 3.05) is 6.54 Å². The van der Waals surface area contributed by atoms with Gasteiger partial charge in [0.1, 0.15) is 6.07 Å². The van der Waals surface area contributed by atoms with Gasteiger partial charge in [-0.15, -0.1) is 0 Å². The molecule has 0 atom stereocenters. The first-order chi connectivity index (χ1) is 9.61. The van der Waals surface area contributed by atoms with Crippen molar-refractivity contribution in [3.8, 4) is 11.8 Å². The molecule has 0 aliphatic heterocycles. The van der Waals surface area contributed by atoms with Gasteiger partial charge in [0.15, 0.2) is 0 Å². The van der Waals surface area contributed by atoms with Crippen molar-refractivity contribution in [3.05, 3.63) is 47.5 Å². The fourth-order valence-electron chi connectivity index (χ4n) is 2.12. The van der Waals surface area contributed by atoms with Crippen LogP contribution in [0.3, 0.4) is 0 Å². The lowest BCUT2D eigenvalue weighted by Crippen LogP contribution is -2.19. The summed E-state index contributed by atoms with van der Waals surface area (Å²) in [6.45, 7) is 8.39. The zero-order chi connectivity index (χ0) is 14.5. The molecule has 104 valence electrons. The predicted octanol–water partition coefficient (Wildman–Crippen LogP) is 2.80.